The molecular weight excluding hydrogens is 229 g/mol. The minimum Gasteiger partial charge on any atom is -0.380 e. The fourth-order valence-corrected chi connectivity index (χ4v) is 1.65. The van der Waals surface area contributed by atoms with Crippen LogP contribution in [0.3, 0.4) is 0 Å². The maximum atomic E-state index is 12.9. The third-order valence-electron chi connectivity index (χ3n) is 2.88. The van der Waals surface area contributed by atoms with E-state index in [2.05, 4.69) is 19.2 Å². The van der Waals surface area contributed by atoms with Gasteiger partial charge in [0.25, 0.3) is 0 Å². The van der Waals surface area contributed by atoms with E-state index in [0.29, 0.717) is 5.92 Å². The van der Waals surface area contributed by atoms with Gasteiger partial charge in [0.1, 0.15) is 5.82 Å². The summed E-state index contributed by atoms with van der Waals surface area (Å²) in [5.41, 5.74) is 2.13. The molecule has 0 aliphatic carbocycles. The fourth-order valence-electron chi connectivity index (χ4n) is 1.65. The summed E-state index contributed by atoms with van der Waals surface area (Å²) in [5, 5.41) is 3.30. The first kappa shape index (κ1) is 15.1. The second-order valence-corrected chi connectivity index (χ2v) is 5.04. The van der Waals surface area contributed by atoms with Gasteiger partial charge in [0, 0.05) is 19.7 Å². The van der Waals surface area contributed by atoms with Crippen molar-refractivity contribution in [1.29, 1.82) is 0 Å². The molecule has 0 heterocycles. The molecule has 1 aromatic carbocycles. The van der Waals surface area contributed by atoms with Crippen molar-refractivity contribution in [2.75, 3.05) is 19.8 Å². The summed E-state index contributed by atoms with van der Waals surface area (Å²) in [4.78, 5) is 0. The molecule has 1 N–H and O–H groups in total. The second kappa shape index (κ2) is 8.22. The maximum absolute atomic E-state index is 12.9. The molecule has 0 aliphatic rings. The van der Waals surface area contributed by atoms with Gasteiger partial charge in [-0.05, 0) is 42.5 Å². The van der Waals surface area contributed by atoms with Gasteiger partial charge in [0.15, 0.2) is 0 Å². The zero-order valence-electron chi connectivity index (χ0n) is 11.6. The Morgan fingerprint density at radius 1 is 1.28 bits per heavy atom. The van der Waals surface area contributed by atoms with E-state index in [-0.39, 0.29) is 5.82 Å². The van der Waals surface area contributed by atoms with E-state index < -0.39 is 0 Å². The molecule has 0 amide bonds. The van der Waals surface area contributed by atoms with Crippen molar-refractivity contribution in [2.45, 2.75) is 33.7 Å². The smallest absolute Gasteiger partial charge is 0.123 e. The van der Waals surface area contributed by atoms with Crippen LogP contribution in [0.2, 0.25) is 0 Å². The fraction of sp³-hybridized carbons (Fsp3) is 0.600. The number of nitrogens with one attached hydrogen (secondary N) is 1. The van der Waals surface area contributed by atoms with Gasteiger partial charge in [-0.3, -0.25) is 0 Å². The van der Waals surface area contributed by atoms with Gasteiger partial charge >= 0.3 is 0 Å². The molecule has 0 radical (unpaired) electrons. The third kappa shape index (κ3) is 6.12. The van der Waals surface area contributed by atoms with Crippen LogP contribution in [0.4, 0.5) is 4.39 Å². The van der Waals surface area contributed by atoms with E-state index in [0.717, 1.165) is 43.9 Å². The molecule has 0 spiro atoms. The van der Waals surface area contributed by atoms with Crippen molar-refractivity contribution in [3.8, 4) is 0 Å². The van der Waals surface area contributed by atoms with Crippen LogP contribution in [0.5, 0.6) is 0 Å². The van der Waals surface area contributed by atoms with Gasteiger partial charge in [0.2, 0.25) is 0 Å². The normalized spacial score (nSPS) is 11.2. The van der Waals surface area contributed by atoms with E-state index in [1.165, 1.54) is 6.07 Å². The van der Waals surface area contributed by atoms with Crippen LogP contribution >= 0.6 is 0 Å². The van der Waals surface area contributed by atoms with Gasteiger partial charge < -0.3 is 10.1 Å². The Labute approximate surface area is 110 Å². The number of hydrogen-bond donors (Lipinski definition) is 1. The molecule has 0 saturated heterocycles. The van der Waals surface area contributed by atoms with E-state index >= 15 is 0 Å². The van der Waals surface area contributed by atoms with Gasteiger partial charge in [-0.2, -0.15) is 0 Å². The summed E-state index contributed by atoms with van der Waals surface area (Å²) in [6, 6.07) is 4.90. The molecule has 0 bridgehead atoms. The van der Waals surface area contributed by atoms with Crippen molar-refractivity contribution >= 4 is 0 Å². The van der Waals surface area contributed by atoms with Crippen LogP contribution in [0, 0.1) is 18.7 Å². The first-order valence-corrected chi connectivity index (χ1v) is 6.63. The Balaban J connectivity index is 2.11. The van der Waals surface area contributed by atoms with Gasteiger partial charge in [-0.1, -0.05) is 19.9 Å². The standard InChI is InChI=1S/C15H24FNO/c1-12(2)6-8-18-9-7-17-11-14-4-5-15(16)10-13(14)3/h4-5,10,12,17H,6-9,11H2,1-3H3. The van der Waals surface area contributed by atoms with Gasteiger partial charge in [0.05, 0.1) is 6.61 Å². The minimum atomic E-state index is -0.173. The molecule has 1 aromatic rings. The molecule has 0 aliphatic heterocycles. The molecular formula is C15H24FNO. The molecule has 1 rings (SSSR count). The summed E-state index contributed by atoms with van der Waals surface area (Å²) in [6.45, 7) is 9.47. The SMILES string of the molecule is Cc1cc(F)ccc1CNCCOCCC(C)C. The molecule has 102 valence electrons. The quantitative estimate of drug-likeness (QED) is 0.718. The Morgan fingerprint density at radius 2 is 2.06 bits per heavy atom. The van der Waals surface area contributed by atoms with Gasteiger partial charge in [-0.15, -0.1) is 0 Å². The first-order chi connectivity index (χ1) is 8.59. The average molecular weight is 253 g/mol. The van der Waals surface area contributed by atoms with Crippen LogP contribution in [0.25, 0.3) is 0 Å². The highest BCUT2D eigenvalue weighted by Crippen LogP contribution is 2.09. The Hall–Kier alpha value is -0.930. The van der Waals surface area contributed by atoms with E-state index in [4.69, 9.17) is 4.74 Å². The van der Waals surface area contributed by atoms with Crippen molar-refractivity contribution in [3.63, 3.8) is 0 Å². The van der Waals surface area contributed by atoms with E-state index in [1.807, 2.05) is 13.0 Å². The van der Waals surface area contributed by atoms with Crippen molar-refractivity contribution in [2.24, 2.45) is 5.92 Å². The van der Waals surface area contributed by atoms with E-state index in [9.17, 15) is 4.39 Å². The molecule has 2 nitrogen and oxygen atoms in total. The molecule has 0 fully saturated rings. The number of rotatable bonds is 8. The number of ether oxygens (including phenoxy) is 1. The minimum absolute atomic E-state index is 0.173. The third-order valence-corrected chi connectivity index (χ3v) is 2.88. The summed E-state index contributed by atoms with van der Waals surface area (Å²) >= 11 is 0. The summed E-state index contributed by atoms with van der Waals surface area (Å²) in [5.74, 6) is 0.521. The predicted molar refractivity (Wildman–Crippen MR) is 73.1 cm³/mol. The molecule has 18 heavy (non-hydrogen) atoms. The second-order valence-electron chi connectivity index (χ2n) is 5.04. The Morgan fingerprint density at radius 3 is 2.72 bits per heavy atom. The monoisotopic (exact) mass is 253 g/mol. The lowest BCUT2D eigenvalue weighted by Crippen LogP contribution is -2.20. The Kier molecular flexibility index (Phi) is 6.91. The van der Waals surface area contributed by atoms with Crippen LogP contribution in [0.1, 0.15) is 31.4 Å². The topological polar surface area (TPSA) is 21.3 Å². The number of benzene rings is 1. The molecule has 0 saturated carbocycles. The zero-order valence-corrected chi connectivity index (χ0v) is 11.6. The van der Waals surface area contributed by atoms with Crippen molar-refractivity contribution in [1.82, 2.24) is 5.32 Å². The Bertz CT molecular complexity index is 352. The number of halogens is 1. The first-order valence-electron chi connectivity index (χ1n) is 6.63. The molecule has 3 heteroatoms. The van der Waals surface area contributed by atoms with Crippen LogP contribution in [0.15, 0.2) is 18.2 Å². The van der Waals surface area contributed by atoms with Crippen molar-refractivity contribution in [3.05, 3.63) is 35.1 Å². The predicted octanol–water partition coefficient (Wildman–Crippen LogP) is 3.29. The highest BCUT2D eigenvalue weighted by molar-refractivity contribution is 5.26. The summed E-state index contributed by atoms with van der Waals surface area (Å²) < 4.78 is 18.4. The van der Waals surface area contributed by atoms with Crippen LogP contribution in [-0.2, 0) is 11.3 Å². The maximum Gasteiger partial charge on any atom is 0.123 e. The molecule has 0 unspecified atom stereocenters. The number of hydrogen-bond acceptors (Lipinski definition) is 2. The number of aryl methyl sites for hydroxylation is 1. The summed E-state index contributed by atoms with van der Waals surface area (Å²) in [6.07, 6.45) is 1.11. The highest BCUT2D eigenvalue weighted by Gasteiger charge is 1.99. The van der Waals surface area contributed by atoms with Gasteiger partial charge in [-0.25, -0.2) is 4.39 Å². The lowest BCUT2D eigenvalue weighted by molar-refractivity contribution is 0.125. The van der Waals surface area contributed by atoms with Crippen LogP contribution in [-0.4, -0.2) is 19.8 Å². The lowest BCUT2D eigenvalue weighted by Gasteiger charge is -2.09. The molecule has 0 atom stereocenters. The summed E-state index contributed by atoms with van der Waals surface area (Å²) in [7, 11) is 0. The highest BCUT2D eigenvalue weighted by atomic mass is 19.1. The zero-order chi connectivity index (χ0) is 13.4. The van der Waals surface area contributed by atoms with Crippen molar-refractivity contribution < 1.29 is 9.13 Å². The van der Waals surface area contributed by atoms with E-state index in [1.54, 1.807) is 6.07 Å². The molecule has 0 aromatic heterocycles. The lowest BCUT2D eigenvalue weighted by atomic mass is 10.1. The average Bonchev–Trinajstić information content (AvgIpc) is 2.30. The van der Waals surface area contributed by atoms with Crippen LogP contribution < -0.4 is 5.32 Å². The largest absolute Gasteiger partial charge is 0.380 e.